The summed E-state index contributed by atoms with van der Waals surface area (Å²) in [7, 11) is 0. The molecule has 0 fully saturated rings. The van der Waals surface area contributed by atoms with Crippen LogP contribution in [0.25, 0.3) is 0 Å². The highest BCUT2D eigenvalue weighted by Gasteiger charge is 2.05. The van der Waals surface area contributed by atoms with Crippen LogP contribution in [-0.4, -0.2) is 11.1 Å². The zero-order valence-corrected chi connectivity index (χ0v) is 8.51. The summed E-state index contributed by atoms with van der Waals surface area (Å²) in [6.07, 6.45) is 1.69. The topological polar surface area (TPSA) is 59.4 Å². The molecule has 0 saturated heterocycles. The fourth-order valence-electron chi connectivity index (χ4n) is 1.02. The van der Waals surface area contributed by atoms with E-state index in [1.807, 2.05) is 13.0 Å². The third kappa shape index (κ3) is 3.81. The second-order valence-electron chi connectivity index (χ2n) is 2.90. The zero-order valence-electron chi connectivity index (χ0n) is 7.69. The lowest BCUT2D eigenvalue weighted by Gasteiger charge is -2.04. The van der Waals surface area contributed by atoms with Gasteiger partial charge in [-0.15, -0.1) is 12.4 Å². The second kappa shape index (κ2) is 6.02. The van der Waals surface area contributed by atoms with E-state index < -0.39 is 0 Å². The van der Waals surface area contributed by atoms with E-state index in [0.29, 0.717) is 5.76 Å². The normalized spacial score (nSPS) is 12.2. The molecule has 0 radical (unpaired) electrons. The van der Waals surface area contributed by atoms with Crippen molar-refractivity contribution < 1.29 is 9.52 Å². The number of nitrogens with two attached hydrogens (primary N) is 1. The van der Waals surface area contributed by atoms with Gasteiger partial charge in [0.25, 0.3) is 0 Å². The smallest absolute Gasteiger partial charge is 0.129 e. The highest BCUT2D eigenvalue weighted by Crippen LogP contribution is 2.10. The number of rotatable bonds is 4. The van der Waals surface area contributed by atoms with Crippen molar-refractivity contribution in [2.45, 2.75) is 32.4 Å². The van der Waals surface area contributed by atoms with E-state index in [1.165, 1.54) is 0 Å². The van der Waals surface area contributed by atoms with Crippen LogP contribution in [0.3, 0.4) is 0 Å². The molecule has 13 heavy (non-hydrogen) atoms. The molecule has 0 aliphatic rings. The van der Waals surface area contributed by atoms with E-state index in [9.17, 15) is 0 Å². The number of furan rings is 1. The Balaban J connectivity index is 0.00000144. The largest absolute Gasteiger partial charge is 0.464 e. The third-order valence-corrected chi connectivity index (χ3v) is 1.86. The van der Waals surface area contributed by atoms with Gasteiger partial charge in [0.2, 0.25) is 0 Å². The minimum absolute atomic E-state index is 0. The highest BCUT2D eigenvalue weighted by atomic mass is 35.5. The lowest BCUT2D eigenvalue weighted by molar-refractivity contribution is 0.243. The Bertz CT molecular complexity index is 237. The minimum Gasteiger partial charge on any atom is -0.464 e. The van der Waals surface area contributed by atoms with Crippen molar-refractivity contribution in [3.05, 3.63) is 23.7 Å². The Kier molecular flexibility index (Phi) is 5.79. The number of hydrogen-bond acceptors (Lipinski definition) is 3. The van der Waals surface area contributed by atoms with Crippen molar-refractivity contribution in [3.63, 3.8) is 0 Å². The van der Waals surface area contributed by atoms with Gasteiger partial charge in [-0.1, -0.05) is 6.92 Å². The standard InChI is InChI=1S/C9H15NO2.ClH/c1-2-7(10)5-8-3-4-9(6-11)12-8;/h3-4,7,11H,2,5-6,10H2,1H3;1H. The SMILES string of the molecule is CCC(N)Cc1ccc(CO)o1.Cl. The van der Waals surface area contributed by atoms with Gasteiger partial charge in [0.15, 0.2) is 0 Å². The van der Waals surface area contributed by atoms with Crippen LogP contribution in [-0.2, 0) is 13.0 Å². The molecule has 0 aromatic carbocycles. The van der Waals surface area contributed by atoms with Gasteiger partial charge in [0, 0.05) is 12.5 Å². The average molecular weight is 206 g/mol. The van der Waals surface area contributed by atoms with E-state index in [-0.39, 0.29) is 25.1 Å². The average Bonchev–Trinajstić information content (AvgIpc) is 2.52. The van der Waals surface area contributed by atoms with Gasteiger partial charge in [-0.05, 0) is 18.6 Å². The first kappa shape index (κ1) is 12.5. The first-order valence-electron chi connectivity index (χ1n) is 4.20. The summed E-state index contributed by atoms with van der Waals surface area (Å²) in [6.45, 7) is 2.00. The van der Waals surface area contributed by atoms with Gasteiger partial charge >= 0.3 is 0 Å². The van der Waals surface area contributed by atoms with Gasteiger partial charge in [-0.3, -0.25) is 0 Å². The van der Waals surface area contributed by atoms with Crippen LogP contribution in [0, 0.1) is 0 Å². The zero-order chi connectivity index (χ0) is 8.97. The van der Waals surface area contributed by atoms with Gasteiger partial charge in [-0.2, -0.15) is 0 Å². The summed E-state index contributed by atoms with van der Waals surface area (Å²) in [5, 5.41) is 8.72. The molecule has 4 heteroatoms. The molecule has 0 aliphatic carbocycles. The molecule has 1 rings (SSSR count). The van der Waals surface area contributed by atoms with Crippen molar-refractivity contribution in [2.75, 3.05) is 0 Å². The first-order chi connectivity index (χ1) is 5.76. The van der Waals surface area contributed by atoms with Crippen LogP contribution >= 0.6 is 12.4 Å². The van der Waals surface area contributed by atoms with Crippen molar-refractivity contribution in [1.29, 1.82) is 0 Å². The van der Waals surface area contributed by atoms with Crippen molar-refractivity contribution in [2.24, 2.45) is 5.73 Å². The maximum atomic E-state index is 8.72. The Hall–Kier alpha value is -0.510. The molecule has 0 aliphatic heterocycles. The first-order valence-corrected chi connectivity index (χ1v) is 4.20. The summed E-state index contributed by atoms with van der Waals surface area (Å²) in [4.78, 5) is 0. The molecule has 1 aromatic heterocycles. The molecular formula is C9H16ClNO2. The van der Waals surface area contributed by atoms with Crippen LogP contribution in [0.4, 0.5) is 0 Å². The predicted molar refractivity (Wildman–Crippen MR) is 53.8 cm³/mol. The van der Waals surface area contributed by atoms with Gasteiger partial charge in [0.1, 0.15) is 18.1 Å². The van der Waals surface area contributed by atoms with E-state index in [0.717, 1.165) is 18.6 Å². The molecule has 76 valence electrons. The van der Waals surface area contributed by atoms with Gasteiger partial charge in [-0.25, -0.2) is 0 Å². The lowest BCUT2D eigenvalue weighted by atomic mass is 10.1. The van der Waals surface area contributed by atoms with Crippen LogP contribution < -0.4 is 5.73 Å². The van der Waals surface area contributed by atoms with E-state index in [1.54, 1.807) is 6.07 Å². The molecule has 0 amide bonds. The maximum absolute atomic E-state index is 8.72. The number of halogens is 1. The number of aliphatic hydroxyl groups is 1. The van der Waals surface area contributed by atoms with Crippen molar-refractivity contribution >= 4 is 12.4 Å². The molecule has 1 aromatic rings. The van der Waals surface area contributed by atoms with Crippen LogP contribution in [0.15, 0.2) is 16.5 Å². The van der Waals surface area contributed by atoms with Gasteiger partial charge in [0.05, 0.1) is 0 Å². The quantitative estimate of drug-likeness (QED) is 0.783. The molecule has 0 bridgehead atoms. The fraction of sp³-hybridized carbons (Fsp3) is 0.556. The lowest BCUT2D eigenvalue weighted by Crippen LogP contribution is -2.20. The Morgan fingerprint density at radius 2 is 2.08 bits per heavy atom. The predicted octanol–water partition coefficient (Wildman–Crippen LogP) is 1.47. The maximum Gasteiger partial charge on any atom is 0.129 e. The van der Waals surface area contributed by atoms with Crippen LogP contribution in [0.5, 0.6) is 0 Å². The summed E-state index contributed by atoms with van der Waals surface area (Å²) in [5.74, 6) is 1.46. The van der Waals surface area contributed by atoms with E-state index >= 15 is 0 Å². The van der Waals surface area contributed by atoms with Crippen molar-refractivity contribution in [1.82, 2.24) is 0 Å². The third-order valence-electron chi connectivity index (χ3n) is 1.86. The molecule has 1 heterocycles. The minimum atomic E-state index is -0.0403. The Morgan fingerprint density at radius 3 is 2.54 bits per heavy atom. The second-order valence-corrected chi connectivity index (χ2v) is 2.90. The number of aliphatic hydroxyl groups excluding tert-OH is 1. The number of hydrogen-bond donors (Lipinski definition) is 2. The molecule has 1 unspecified atom stereocenters. The monoisotopic (exact) mass is 205 g/mol. The fourth-order valence-corrected chi connectivity index (χ4v) is 1.02. The molecule has 3 N–H and O–H groups in total. The van der Waals surface area contributed by atoms with Gasteiger partial charge < -0.3 is 15.3 Å². The summed E-state index contributed by atoms with van der Waals surface area (Å²) in [6, 6.07) is 3.79. The summed E-state index contributed by atoms with van der Waals surface area (Å²) < 4.78 is 5.28. The Morgan fingerprint density at radius 1 is 1.46 bits per heavy atom. The molecule has 1 atom stereocenters. The highest BCUT2D eigenvalue weighted by molar-refractivity contribution is 5.85. The Labute approximate surface area is 84.3 Å². The molecule has 0 spiro atoms. The van der Waals surface area contributed by atoms with E-state index in [2.05, 4.69) is 0 Å². The van der Waals surface area contributed by atoms with Crippen LogP contribution in [0.1, 0.15) is 24.9 Å². The molecule has 0 saturated carbocycles. The molecule has 3 nitrogen and oxygen atoms in total. The molecular weight excluding hydrogens is 190 g/mol. The summed E-state index contributed by atoms with van der Waals surface area (Å²) in [5.41, 5.74) is 5.73. The van der Waals surface area contributed by atoms with Crippen molar-refractivity contribution in [3.8, 4) is 0 Å². The van der Waals surface area contributed by atoms with E-state index in [4.69, 9.17) is 15.3 Å². The summed E-state index contributed by atoms with van der Waals surface area (Å²) >= 11 is 0. The van der Waals surface area contributed by atoms with Crippen LogP contribution in [0.2, 0.25) is 0 Å².